The summed E-state index contributed by atoms with van der Waals surface area (Å²) in [6, 6.07) is -1.16. The average molecular weight is 538 g/mol. The van der Waals surface area contributed by atoms with E-state index in [1.165, 1.54) is 0 Å². The van der Waals surface area contributed by atoms with Crippen molar-refractivity contribution in [1.82, 2.24) is 0 Å². The lowest BCUT2D eigenvalue weighted by molar-refractivity contribution is -0.140. The second-order valence-electron chi connectivity index (χ2n) is 6.72. The molecule has 0 unspecified atom stereocenters. The van der Waals surface area contributed by atoms with Crippen molar-refractivity contribution in [2.45, 2.75) is 29.6 Å². The van der Waals surface area contributed by atoms with Crippen molar-refractivity contribution >= 4 is 27.6 Å². The molecule has 0 bridgehead atoms. The van der Waals surface area contributed by atoms with Gasteiger partial charge in [-0.05, 0) is 42.5 Å². The number of nitrogens with one attached hydrogen (secondary N) is 2. The molecule has 0 aromatic heterocycles. The van der Waals surface area contributed by atoms with Crippen LogP contribution in [0.15, 0.2) is 47.4 Å². The van der Waals surface area contributed by atoms with Crippen molar-refractivity contribution in [3.05, 3.63) is 53.6 Å². The van der Waals surface area contributed by atoms with E-state index in [0.717, 1.165) is 0 Å². The first-order valence-electron chi connectivity index (χ1n) is 8.44. The molecule has 0 aliphatic rings. The van der Waals surface area contributed by atoms with Gasteiger partial charge in [-0.25, -0.2) is 22.4 Å². The van der Waals surface area contributed by atoms with Crippen LogP contribution in [0.4, 0.5) is 70.7 Å². The van der Waals surface area contributed by atoms with Gasteiger partial charge >= 0.3 is 41.0 Å². The molecule has 2 aromatic rings. The molecule has 3 nitrogen and oxygen atoms in total. The Bertz CT molecular complexity index is 1030. The number of carbonyl (C=O) groups excluding carboxylic acids is 1. The minimum atomic E-state index is -10.0. The molecule has 0 atom stereocenters. The van der Waals surface area contributed by atoms with Crippen LogP contribution in [-0.2, 0) is 11.8 Å². The third-order valence-electron chi connectivity index (χ3n) is 4.07. The number of amides is 2. The van der Waals surface area contributed by atoms with Crippen LogP contribution in [-0.4, -0.2) is 18.9 Å². The monoisotopic (exact) mass is 538 g/mol. The minimum absolute atomic E-state index is 0.0774. The van der Waals surface area contributed by atoms with Crippen molar-refractivity contribution in [3.63, 3.8) is 0 Å². The van der Waals surface area contributed by atoms with Crippen LogP contribution in [0, 0.1) is 0 Å². The zero-order valence-corrected chi connectivity index (χ0v) is 16.7. The van der Waals surface area contributed by atoms with E-state index in [2.05, 4.69) is 0 Å². The second-order valence-corrected chi connectivity index (χ2v) is 9.13. The summed E-state index contributed by atoms with van der Waals surface area (Å²) in [5.74, 6) is -10.2. The van der Waals surface area contributed by atoms with E-state index in [1.807, 2.05) is 0 Å². The molecule has 0 aliphatic heterocycles. The quantitative estimate of drug-likeness (QED) is 0.340. The van der Waals surface area contributed by atoms with Crippen LogP contribution < -0.4 is 10.6 Å². The van der Waals surface area contributed by atoms with Gasteiger partial charge in [0.1, 0.15) is 4.90 Å². The number of urea groups is 1. The maximum atomic E-state index is 13.6. The standard InChI is InChI=1S/C17H11F13N2OS/c18-13(19)16(22,23)8-5-9(17(24,25)14(20)21)7-11(6-8)32-15(33)31-10-1-3-12(4-2-10)34(26,27,28,29)30/h1-7,13-14H,(H2,31,32,33). The summed E-state index contributed by atoms with van der Waals surface area (Å²) in [6.07, 6.45) is -8.89. The molecule has 0 fully saturated rings. The zero-order chi connectivity index (χ0) is 26.4. The molecule has 0 aliphatic carbocycles. The zero-order valence-electron chi connectivity index (χ0n) is 15.9. The van der Waals surface area contributed by atoms with Crippen LogP contribution in [0.3, 0.4) is 0 Å². The molecule has 0 heterocycles. The molecule has 0 radical (unpaired) electrons. The van der Waals surface area contributed by atoms with Crippen molar-refractivity contribution in [2.75, 3.05) is 10.6 Å². The molecular formula is C17H11F13N2OS. The van der Waals surface area contributed by atoms with Gasteiger partial charge < -0.3 is 10.6 Å². The van der Waals surface area contributed by atoms with E-state index in [1.54, 1.807) is 10.6 Å². The van der Waals surface area contributed by atoms with E-state index in [4.69, 9.17) is 0 Å². The fraction of sp³-hybridized carbons (Fsp3) is 0.235. The van der Waals surface area contributed by atoms with Crippen molar-refractivity contribution < 1.29 is 59.3 Å². The molecule has 17 heteroatoms. The molecule has 192 valence electrons. The lowest BCUT2D eigenvalue weighted by atomic mass is 10.00. The Kier molecular flexibility index (Phi) is 6.32. The van der Waals surface area contributed by atoms with Gasteiger partial charge in [0.05, 0.1) is 0 Å². The molecule has 0 saturated heterocycles. The Hall–Kier alpha value is -2.85. The fourth-order valence-electron chi connectivity index (χ4n) is 2.43. The molecule has 0 saturated carbocycles. The van der Waals surface area contributed by atoms with E-state index in [0.29, 0.717) is 12.1 Å². The van der Waals surface area contributed by atoms with E-state index >= 15 is 0 Å². The predicted octanol–water partition coefficient (Wildman–Crippen LogP) is 8.70. The Labute approximate surface area is 181 Å². The third kappa shape index (κ3) is 6.18. The fourth-order valence-corrected chi connectivity index (χ4v) is 3.08. The summed E-state index contributed by atoms with van der Waals surface area (Å²) in [6.45, 7) is 0. The molecule has 2 rings (SSSR count). The van der Waals surface area contributed by atoms with Gasteiger partial charge in [0.2, 0.25) is 0 Å². The lowest BCUT2D eigenvalue weighted by Crippen LogP contribution is -2.28. The topological polar surface area (TPSA) is 41.1 Å². The minimum Gasteiger partial charge on any atom is -0.308 e. The van der Waals surface area contributed by atoms with Gasteiger partial charge in [-0.1, -0.05) is 19.4 Å². The Morgan fingerprint density at radius 1 is 0.676 bits per heavy atom. The van der Waals surface area contributed by atoms with Gasteiger partial charge in [-0.15, -0.1) is 0 Å². The van der Waals surface area contributed by atoms with E-state index < -0.39 is 68.3 Å². The summed E-state index contributed by atoms with van der Waals surface area (Å²) in [5.41, 5.74) is -5.36. The van der Waals surface area contributed by atoms with Crippen LogP contribution in [0.25, 0.3) is 0 Å². The van der Waals surface area contributed by atoms with Crippen LogP contribution in [0.2, 0.25) is 0 Å². The maximum Gasteiger partial charge on any atom is 0.332 e. The Morgan fingerprint density at radius 3 is 1.41 bits per heavy atom. The summed E-state index contributed by atoms with van der Waals surface area (Å²) in [5, 5.41) is 3.32. The number of benzene rings is 2. The Balaban J connectivity index is 2.36. The number of hydrogen-bond donors (Lipinski definition) is 2. The van der Waals surface area contributed by atoms with Gasteiger partial charge in [0.15, 0.2) is 0 Å². The highest BCUT2D eigenvalue weighted by Crippen LogP contribution is 3.02. The summed E-state index contributed by atoms with van der Waals surface area (Å²) >= 11 is 0. The number of alkyl halides is 8. The van der Waals surface area contributed by atoms with E-state index in [9.17, 15) is 59.3 Å². The van der Waals surface area contributed by atoms with Crippen molar-refractivity contribution in [3.8, 4) is 0 Å². The maximum absolute atomic E-state index is 13.6. The summed E-state index contributed by atoms with van der Waals surface area (Å²) < 4.78 is 168. The van der Waals surface area contributed by atoms with E-state index in [-0.39, 0.29) is 30.3 Å². The average Bonchev–Trinajstić information content (AvgIpc) is 2.65. The van der Waals surface area contributed by atoms with Crippen LogP contribution >= 0.6 is 10.2 Å². The molecular weight excluding hydrogens is 527 g/mol. The number of carbonyl (C=O) groups is 1. The van der Waals surface area contributed by atoms with Gasteiger partial charge in [-0.2, -0.15) is 17.6 Å². The van der Waals surface area contributed by atoms with Gasteiger partial charge in [-0.3, -0.25) is 0 Å². The second kappa shape index (κ2) is 7.84. The number of rotatable bonds is 7. The van der Waals surface area contributed by atoms with Gasteiger partial charge in [0.25, 0.3) is 0 Å². The van der Waals surface area contributed by atoms with Crippen molar-refractivity contribution in [2.24, 2.45) is 0 Å². The first-order chi connectivity index (χ1) is 15.0. The van der Waals surface area contributed by atoms with Crippen molar-refractivity contribution in [1.29, 1.82) is 0 Å². The SMILES string of the molecule is O=C(Nc1ccc(S(F)(F)(F)(F)F)cc1)Nc1cc(C(F)(F)C(F)F)cc(C(F)(F)C(F)F)c1. The van der Waals surface area contributed by atoms with Gasteiger partial charge in [0, 0.05) is 22.5 Å². The number of anilines is 2. The highest BCUT2D eigenvalue weighted by Gasteiger charge is 2.65. The molecule has 2 N–H and O–H groups in total. The third-order valence-corrected chi connectivity index (χ3v) is 5.23. The van der Waals surface area contributed by atoms with Crippen LogP contribution in [0.1, 0.15) is 11.1 Å². The number of halogens is 13. The summed E-state index contributed by atoms with van der Waals surface area (Å²) in [7, 11) is -10.0. The molecule has 2 aromatic carbocycles. The highest BCUT2D eigenvalue weighted by atomic mass is 32.5. The lowest BCUT2D eigenvalue weighted by Gasteiger charge is -2.40. The molecule has 34 heavy (non-hydrogen) atoms. The number of hydrogen-bond acceptors (Lipinski definition) is 1. The first kappa shape index (κ1) is 27.4. The van der Waals surface area contributed by atoms with Crippen LogP contribution in [0.5, 0.6) is 0 Å². The Morgan fingerprint density at radius 2 is 1.06 bits per heavy atom. The first-order valence-corrected chi connectivity index (χ1v) is 10.4. The predicted molar refractivity (Wildman–Crippen MR) is 96.7 cm³/mol. The molecule has 0 spiro atoms. The summed E-state index contributed by atoms with van der Waals surface area (Å²) in [4.78, 5) is 9.61. The normalized spacial score (nSPS) is 15.1. The smallest absolute Gasteiger partial charge is 0.308 e. The molecule has 2 amide bonds. The highest BCUT2D eigenvalue weighted by molar-refractivity contribution is 8.45. The largest absolute Gasteiger partial charge is 0.332 e.